The summed E-state index contributed by atoms with van der Waals surface area (Å²) in [6, 6.07) is 3.21. The molecule has 7 nitrogen and oxygen atoms in total. The number of pyridine rings is 1. The Kier molecular flexibility index (Phi) is 4.64. The van der Waals surface area contributed by atoms with Crippen LogP contribution in [-0.4, -0.2) is 61.2 Å². The number of hydrogen-bond acceptors (Lipinski definition) is 6. The zero-order valence-electron chi connectivity index (χ0n) is 11.0. The number of piperazine rings is 1. The first-order valence-electron chi connectivity index (χ1n) is 6.27. The summed E-state index contributed by atoms with van der Waals surface area (Å²) in [6.07, 6.45) is 1.31. The predicted molar refractivity (Wildman–Crippen MR) is 71.4 cm³/mol. The lowest BCUT2D eigenvalue weighted by Gasteiger charge is -2.35. The third kappa shape index (κ3) is 3.62. The van der Waals surface area contributed by atoms with Gasteiger partial charge in [0.2, 0.25) is 0 Å². The van der Waals surface area contributed by atoms with Crippen LogP contribution < -0.4 is 4.90 Å². The number of hydrogen-bond donors (Lipinski definition) is 0. The maximum Gasteiger partial charge on any atom is 0.287 e. The van der Waals surface area contributed by atoms with Crippen molar-refractivity contribution in [2.45, 2.75) is 0 Å². The molecule has 0 atom stereocenters. The first kappa shape index (κ1) is 13.7. The summed E-state index contributed by atoms with van der Waals surface area (Å²) in [7, 11) is 1.71. The smallest absolute Gasteiger partial charge is 0.287 e. The summed E-state index contributed by atoms with van der Waals surface area (Å²) in [5, 5.41) is 10.6. The van der Waals surface area contributed by atoms with E-state index in [9.17, 15) is 10.1 Å². The van der Waals surface area contributed by atoms with E-state index >= 15 is 0 Å². The molecular weight excluding hydrogens is 248 g/mol. The average Bonchev–Trinajstić information content (AvgIpc) is 2.46. The number of anilines is 1. The number of rotatable bonds is 5. The van der Waals surface area contributed by atoms with E-state index in [-0.39, 0.29) is 5.69 Å². The molecule has 1 saturated heterocycles. The highest BCUT2D eigenvalue weighted by molar-refractivity contribution is 5.43. The van der Waals surface area contributed by atoms with Gasteiger partial charge in [0.25, 0.3) is 5.69 Å². The highest BCUT2D eigenvalue weighted by Gasteiger charge is 2.18. The fraction of sp³-hybridized carbons (Fsp3) is 0.583. The Balaban J connectivity index is 1.88. The van der Waals surface area contributed by atoms with E-state index in [4.69, 9.17) is 4.74 Å². The van der Waals surface area contributed by atoms with Crippen molar-refractivity contribution in [2.75, 3.05) is 51.3 Å². The second-order valence-corrected chi connectivity index (χ2v) is 4.45. The Hall–Kier alpha value is -1.73. The molecule has 0 amide bonds. The van der Waals surface area contributed by atoms with Gasteiger partial charge in [-0.1, -0.05) is 0 Å². The van der Waals surface area contributed by atoms with Gasteiger partial charge in [0, 0.05) is 45.9 Å². The summed E-state index contributed by atoms with van der Waals surface area (Å²) in [5.41, 5.74) is 0.0301. The molecular formula is C12H18N4O3. The largest absolute Gasteiger partial charge is 0.383 e. The lowest BCUT2D eigenvalue weighted by atomic mass is 10.3. The van der Waals surface area contributed by atoms with Gasteiger partial charge >= 0.3 is 0 Å². The van der Waals surface area contributed by atoms with E-state index in [1.54, 1.807) is 13.2 Å². The van der Waals surface area contributed by atoms with Gasteiger partial charge in [-0.25, -0.2) is 4.98 Å². The van der Waals surface area contributed by atoms with Crippen LogP contribution in [-0.2, 0) is 4.74 Å². The van der Waals surface area contributed by atoms with Crippen LogP contribution in [0.5, 0.6) is 0 Å². The molecule has 0 spiro atoms. The Bertz CT molecular complexity index is 415. The average molecular weight is 266 g/mol. The zero-order valence-corrected chi connectivity index (χ0v) is 11.0. The van der Waals surface area contributed by atoms with Gasteiger partial charge in [-0.15, -0.1) is 0 Å². The van der Waals surface area contributed by atoms with Crippen LogP contribution >= 0.6 is 0 Å². The van der Waals surface area contributed by atoms with Crippen molar-refractivity contribution in [3.05, 3.63) is 28.4 Å². The second-order valence-electron chi connectivity index (χ2n) is 4.45. The molecule has 1 fully saturated rings. The summed E-state index contributed by atoms with van der Waals surface area (Å²) in [4.78, 5) is 18.8. The Morgan fingerprint density at radius 2 is 2.11 bits per heavy atom. The van der Waals surface area contributed by atoms with Crippen molar-refractivity contribution in [3.63, 3.8) is 0 Å². The lowest BCUT2D eigenvalue weighted by Crippen LogP contribution is -2.47. The van der Waals surface area contributed by atoms with Crippen LogP contribution in [0.1, 0.15) is 0 Å². The van der Waals surface area contributed by atoms with Crippen LogP contribution in [0.2, 0.25) is 0 Å². The van der Waals surface area contributed by atoms with Crippen LogP contribution in [0, 0.1) is 10.1 Å². The molecule has 0 bridgehead atoms. The SMILES string of the molecule is COCCN1CCN(c2ccc([N+](=O)[O-])cn2)CC1. The molecule has 104 valence electrons. The molecule has 2 rings (SSSR count). The van der Waals surface area contributed by atoms with Gasteiger partial charge in [0.05, 0.1) is 11.5 Å². The van der Waals surface area contributed by atoms with Crippen LogP contribution in [0.3, 0.4) is 0 Å². The Morgan fingerprint density at radius 1 is 1.37 bits per heavy atom. The molecule has 1 aliphatic rings. The van der Waals surface area contributed by atoms with E-state index in [1.165, 1.54) is 12.3 Å². The molecule has 0 N–H and O–H groups in total. The molecule has 0 radical (unpaired) electrons. The summed E-state index contributed by atoms with van der Waals surface area (Å²) < 4.78 is 5.06. The quantitative estimate of drug-likeness (QED) is 0.578. The number of nitro groups is 1. The van der Waals surface area contributed by atoms with E-state index in [2.05, 4.69) is 14.8 Å². The van der Waals surface area contributed by atoms with Gasteiger partial charge in [-0.3, -0.25) is 15.0 Å². The fourth-order valence-corrected chi connectivity index (χ4v) is 2.09. The first-order valence-corrected chi connectivity index (χ1v) is 6.27. The standard InChI is InChI=1S/C12H18N4O3/c1-19-9-8-14-4-6-15(7-5-14)12-3-2-11(10-13-12)16(17)18/h2-3,10H,4-9H2,1H3. The topological polar surface area (TPSA) is 71.7 Å². The van der Waals surface area contributed by atoms with Crippen molar-refractivity contribution < 1.29 is 9.66 Å². The van der Waals surface area contributed by atoms with Crippen LogP contribution in [0.25, 0.3) is 0 Å². The third-order valence-electron chi connectivity index (χ3n) is 3.25. The molecule has 1 aromatic heterocycles. The van der Waals surface area contributed by atoms with Gasteiger partial charge in [-0.2, -0.15) is 0 Å². The fourth-order valence-electron chi connectivity index (χ4n) is 2.09. The van der Waals surface area contributed by atoms with Crippen molar-refractivity contribution in [2.24, 2.45) is 0 Å². The first-order chi connectivity index (χ1) is 9.20. The number of aromatic nitrogens is 1. The van der Waals surface area contributed by atoms with E-state index < -0.39 is 4.92 Å². The molecule has 19 heavy (non-hydrogen) atoms. The van der Waals surface area contributed by atoms with E-state index in [0.29, 0.717) is 0 Å². The second kappa shape index (κ2) is 6.44. The molecule has 0 saturated carbocycles. The van der Waals surface area contributed by atoms with E-state index in [0.717, 1.165) is 45.1 Å². The third-order valence-corrected chi connectivity index (χ3v) is 3.25. The molecule has 0 aliphatic carbocycles. The van der Waals surface area contributed by atoms with Crippen molar-refractivity contribution in [1.82, 2.24) is 9.88 Å². The minimum atomic E-state index is -0.431. The monoisotopic (exact) mass is 266 g/mol. The van der Waals surface area contributed by atoms with Crippen molar-refractivity contribution in [3.8, 4) is 0 Å². The maximum absolute atomic E-state index is 10.6. The van der Waals surface area contributed by atoms with Gasteiger partial charge in [0.15, 0.2) is 0 Å². The summed E-state index contributed by atoms with van der Waals surface area (Å²) >= 11 is 0. The number of ether oxygens (including phenoxy) is 1. The van der Waals surface area contributed by atoms with E-state index in [1.807, 2.05) is 0 Å². The van der Waals surface area contributed by atoms with Gasteiger partial charge in [-0.05, 0) is 6.07 Å². The molecule has 0 unspecified atom stereocenters. The highest BCUT2D eigenvalue weighted by Crippen LogP contribution is 2.17. The lowest BCUT2D eigenvalue weighted by molar-refractivity contribution is -0.385. The normalized spacial score (nSPS) is 16.6. The molecule has 1 aromatic rings. The molecule has 2 heterocycles. The summed E-state index contributed by atoms with van der Waals surface area (Å²) in [6.45, 7) is 5.38. The molecule has 0 aromatic carbocycles. The van der Waals surface area contributed by atoms with Crippen LogP contribution in [0.15, 0.2) is 18.3 Å². The number of methoxy groups -OCH3 is 1. The Morgan fingerprint density at radius 3 is 2.63 bits per heavy atom. The maximum atomic E-state index is 10.6. The molecule has 7 heteroatoms. The highest BCUT2D eigenvalue weighted by atomic mass is 16.6. The van der Waals surface area contributed by atoms with Gasteiger partial charge in [0.1, 0.15) is 12.0 Å². The zero-order chi connectivity index (χ0) is 13.7. The predicted octanol–water partition coefficient (Wildman–Crippen LogP) is 0.758. The van der Waals surface area contributed by atoms with Crippen LogP contribution in [0.4, 0.5) is 11.5 Å². The van der Waals surface area contributed by atoms with Gasteiger partial charge < -0.3 is 9.64 Å². The summed E-state index contributed by atoms with van der Waals surface area (Å²) in [5.74, 6) is 0.803. The van der Waals surface area contributed by atoms with Crippen molar-refractivity contribution >= 4 is 11.5 Å². The Labute approximate surface area is 111 Å². The van der Waals surface area contributed by atoms with Crippen molar-refractivity contribution in [1.29, 1.82) is 0 Å². The molecule has 1 aliphatic heterocycles. The number of nitrogens with zero attached hydrogens (tertiary/aromatic N) is 4. The minimum Gasteiger partial charge on any atom is -0.383 e. The minimum absolute atomic E-state index is 0.0301.